The second kappa shape index (κ2) is 5.76. The van der Waals surface area contributed by atoms with Gasteiger partial charge in [0.05, 0.1) is 0 Å². The van der Waals surface area contributed by atoms with Crippen molar-refractivity contribution >= 4 is 22.9 Å². The lowest BCUT2D eigenvalue weighted by Crippen LogP contribution is -2.13. The van der Waals surface area contributed by atoms with Gasteiger partial charge in [-0.2, -0.15) is 11.8 Å². The smallest absolute Gasteiger partial charge is 0.160 e. The first kappa shape index (κ1) is 13.8. The molecule has 22 heavy (non-hydrogen) atoms. The van der Waals surface area contributed by atoms with E-state index in [9.17, 15) is 0 Å². The first-order valence-corrected chi connectivity index (χ1v) is 8.92. The summed E-state index contributed by atoms with van der Waals surface area (Å²) in [5, 5.41) is 0. The topological polar surface area (TPSA) is 30.7 Å². The Bertz CT molecular complexity index is 803. The highest BCUT2D eigenvalue weighted by Crippen LogP contribution is 2.32. The quantitative estimate of drug-likeness (QED) is 0.732. The number of hydrogen-bond donors (Lipinski definition) is 0. The second-order valence-corrected chi connectivity index (χ2v) is 7.01. The summed E-state index contributed by atoms with van der Waals surface area (Å²) in [5.41, 5.74) is 4.74. The van der Waals surface area contributed by atoms with Crippen LogP contribution in [0.5, 0.6) is 0 Å². The zero-order valence-electron chi connectivity index (χ0n) is 12.7. The Morgan fingerprint density at radius 3 is 2.95 bits per heavy atom. The molecule has 3 heterocycles. The number of thioether (sulfide) groups is 1. The van der Waals surface area contributed by atoms with E-state index in [2.05, 4.69) is 46.8 Å². The van der Waals surface area contributed by atoms with Gasteiger partial charge in [0, 0.05) is 24.4 Å². The van der Waals surface area contributed by atoms with Crippen LogP contribution in [0.4, 0.5) is 0 Å². The highest BCUT2D eigenvalue weighted by molar-refractivity contribution is 7.99. The van der Waals surface area contributed by atoms with Gasteiger partial charge in [-0.05, 0) is 42.4 Å². The number of fused-ring (bicyclic) bond motifs is 1. The summed E-state index contributed by atoms with van der Waals surface area (Å²) in [4.78, 5) is 9.49. The lowest BCUT2D eigenvalue weighted by Gasteiger charge is -2.15. The molecule has 2 aromatic heterocycles. The van der Waals surface area contributed by atoms with Crippen molar-refractivity contribution < 1.29 is 0 Å². The van der Waals surface area contributed by atoms with Gasteiger partial charge in [-0.25, -0.2) is 9.97 Å². The molecule has 112 valence electrons. The van der Waals surface area contributed by atoms with Crippen LogP contribution in [0.1, 0.15) is 29.4 Å². The number of pyridine rings is 1. The van der Waals surface area contributed by atoms with Crippen LogP contribution in [-0.4, -0.2) is 26.0 Å². The highest BCUT2D eigenvalue weighted by atomic mass is 32.2. The summed E-state index contributed by atoms with van der Waals surface area (Å²) in [6.07, 6.45) is 3.97. The zero-order valence-corrected chi connectivity index (χ0v) is 13.5. The normalized spacial score (nSPS) is 18.1. The van der Waals surface area contributed by atoms with Gasteiger partial charge < -0.3 is 4.57 Å². The third kappa shape index (κ3) is 2.41. The average Bonchev–Trinajstić information content (AvgIpc) is 3.16. The molecule has 1 atom stereocenters. The van der Waals surface area contributed by atoms with E-state index in [0.717, 1.165) is 23.4 Å². The molecule has 1 fully saturated rings. The lowest BCUT2D eigenvalue weighted by molar-refractivity contribution is 0.550. The third-order valence-electron chi connectivity index (χ3n) is 4.40. The molecule has 0 radical (unpaired) electrons. The number of nitrogens with zero attached hydrogens (tertiary/aromatic N) is 3. The predicted molar refractivity (Wildman–Crippen MR) is 92.5 cm³/mol. The second-order valence-electron chi connectivity index (χ2n) is 5.86. The Hall–Kier alpha value is -1.81. The van der Waals surface area contributed by atoms with E-state index >= 15 is 0 Å². The van der Waals surface area contributed by atoms with Crippen LogP contribution in [0.25, 0.3) is 11.2 Å². The predicted octanol–water partition coefficient (Wildman–Crippen LogP) is 4.01. The van der Waals surface area contributed by atoms with Crippen molar-refractivity contribution in [3.63, 3.8) is 0 Å². The largest absolute Gasteiger partial charge is 0.308 e. The fourth-order valence-corrected chi connectivity index (χ4v) is 4.38. The lowest BCUT2D eigenvalue weighted by atomic mass is 10.1. The number of imidazole rings is 1. The maximum atomic E-state index is 4.88. The fraction of sp³-hybridized carbons (Fsp3) is 0.333. The Labute approximate surface area is 134 Å². The number of rotatable bonds is 3. The third-order valence-corrected chi connectivity index (χ3v) is 5.55. The molecular formula is C18H19N3S. The fourth-order valence-electron chi connectivity index (χ4n) is 3.19. The summed E-state index contributed by atoms with van der Waals surface area (Å²) < 4.78 is 2.39. The molecule has 4 rings (SSSR count). The first-order chi connectivity index (χ1) is 10.8. The van der Waals surface area contributed by atoms with E-state index in [1.165, 1.54) is 29.1 Å². The number of benzene rings is 1. The van der Waals surface area contributed by atoms with Gasteiger partial charge in [-0.15, -0.1) is 0 Å². The molecule has 0 spiro atoms. The van der Waals surface area contributed by atoms with Gasteiger partial charge in [0.2, 0.25) is 0 Å². The Morgan fingerprint density at radius 2 is 2.14 bits per heavy atom. The highest BCUT2D eigenvalue weighted by Gasteiger charge is 2.23. The van der Waals surface area contributed by atoms with Crippen molar-refractivity contribution in [3.8, 4) is 0 Å². The van der Waals surface area contributed by atoms with Crippen LogP contribution >= 0.6 is 11.8 Å². The minimum absolute atomic E-state index is 0.531. The zero-order chi connectivity index (χ0) is 14.9. The molecule has 1 aliphatic heterocycles. The van der Waals surface area contributed by atoms with E-state index < -0.39 is 0 Å². The van der Waals surface area contributed by atoms with Crippen molar-refractivity contribution in [2.24, 2.45) is 0 Å². The van der Waals surface area contributed by atoms with E-state index in [1.807, 2.05) is 24.0 Å². The minimum atomic E-state index is 0.531. The summed E-state index contributed by atoms with van der Waals surface area (Å²) in [6, 6.07) is 13.2. The van der Waals surface area contributed by atoms with Gasteiger partial charge in [-0.1, -0.05) is 24.3 Å². The van der Waals surface area contributed by atoms with Gasteiger partial charge in [-0.3, -0.25) is 0 Å². The van der Waals surface area contributed by atoms with E-state index in [1.54, 1.807) is 0 Å². The number of hydrogen-bond acceptors (Lipinski definition) is 3. The molecular weight excluding hydrogens is 290 g/mol. The molecule has 1 saturated heterocycles. The van der Waals surface area contributed by atoms with Crippen molar-refractivity contribution in [3.05, 3.63) is 59.5 Å². The molecule has 4 heteroatoms. The van der Waals surface area contributed by atoms with Crippen molar-refractivity contribution in [2.45, 2.75) is 25.8 Å². The molecule has 1 aliphatic rings. The van der Waals surface area contributed by atoms with E-state index in [4.69, 9.17) is 4.98 Å². The van der Waals surface area contributed by atoms with Crippen LogP contribution < -0.4 is 0 Å². The first-order valence-electron chi connectivity index (χ1n) is 7.77. The number of aryl methyl sites for hydroxylation is 1. The Morgan fingerprint density at radius 1 is 1.23 bits per heavy atom. The van der Waals surface area contributed by atoms with Crippen molar-refractivity contribution in [1.82, 2.24) is 14.5 Å². The number of aromatic nitrogens is 3. The van der Waals surface area contributed by atoms with Crippen LogP contribution in [-0.2, 0) is 6.42 Å². The molecule has 0 amide bonds. The van der Waals surface area contributed by atoms with Crippen molar-refractivity contribution in [2.75, 3.05) is 11.5 Å². The molecule has 1 unspecified atom stereocenters. The molecule has 1 aromatic carbocycles. The average molecular weight is 309 g/mol. The maximum absolute atomic E-state index is 4.88. The van der Waals surface area contributed by atoms with E-state index in [0.29, 0.717) is 6.04 Å². The molecule has 3 aromatic rings. The maximum Gasteiger partial charge on any atom is 0.160 e. The molecule has 0 N–H and O–H groups in total. The summed E-state index contributed by atoms with van der Waals surface area (Å²) >= 11 is 2.03. The van der Waals surface area contributed by atoms with Crippen LogP contribution in [0.15, 0.2) is 42.6 Å². The van der Waals surface area contributed by atoms with Crippen LogP contribution in [0.3, 0.4) is 0 Å². The molecule has 0 saturated carbocycles. The van der Waals surface area contributed by atoms with Gasteiger partial charge in [0.1, 0.15) is 11.3 Å². The Kier molecular flexibility index (Phi) is 3.62. The van der Waals surface area contributed by atoms with Crippen LogP contribution in [0, 0.1) is 6.92 Å². The van der Waals surface area contributed by atoms with Crippen molar-refractivity contribution in [1.29, 1.82) is 0 Å². The summed E-state index contributed by atoms with van der Waals surface area (Å²) in [7, 11) is 0. The molecule has 0 bridgehead atoms. The Balaban J connectivity index is 1.82. The van der Waals surface area contributed by atoms with Crippen LogP contribution in [0.2, 0.25) is 0 Å². The molecule has 0 aliphatic carbocycles. The van der Waals surface area contributed by atoms with Gasteiger partial charge in [0.25, 0.3) is 0 Å². The monoisotopic (exact) mass is 309 g/mol. The minimum Gasteiger partial charge on any atom is -0.308 e. The standard InChI is InChI=1S/C18H19N3S/c1-13-5-2-3-6-14(13)11-17-20-16-7-4-9-19-18(16)21(17)15-8-10-22-12-15/h2-7,9,15H,8,10-12H2,1H3. The summed E-state index contributed by atoms with van der Waals surface area (Å²) in [5.74, 6) is 3.56. The van der Waals surface area contributed by atoms with Gasteiger partial charge in [0.15, 0.2) is 5.65 Å². The van der Waals surface area contributed by atoms with E-state index in [-0.39, 0.29) is 0 Å². The molecule has 3 nitrogen and oxygen atoms in total. The summed E-state index contributed by atoms with van der Waals surface area (Å²) in [6.45, 7) is 2.17. The van der Waals surface area contributed by atoms with Gasteiger partial charge >= 0.3 is 0 Å². The SMILES string of the molecule is Cc1ccccc1Cc1nc2cccnc2n1C1CCSC1.